The number of nitrogens with one attached hydrogen (secondary N) is 1. The van der Waals surface area contributed by atoms with Crippen molar-refractivity contribution in [1.82, 2.24) is 10.4 Å². The van der Waals surface area contributed by atoms with Crippen molar-refractivity contribution < 1.29 is 33.9 Å². The first kappa shape index (κ1) is 16.4. The number of ether oxygens (including phenoxy) is 2. The Kier molecular flexibility index (Phi) is 5.26. The maximum Gasteiger partial charge on any atom is 0.407 e. The van der Waals surface area contributed by atoms with E-state index in [9.17, 15) is 19.2 Å². The van der Waals surface area contributed by atoms with Gasteiger partial charge >= 0.3 is 12.1 Å². The highest BCUT2D eigenvalue weighted by molar-refractivity contribution is 6.04. The average Bonchev–Trinajstić information content (AvgIpc) is 2.79. The van der Waals surface area contributed by atoms with Gasteiger partial charge in [-0.05, 0) is 5.56 Å². The molecule has 0 radical (unpaired) electrons. The summed E-state index contributed by atoms with van der Waals surface area (Å²) < 4.78 is 9.57. The first-order valence-corrected chi connectivity index (χ1v) is 6.67. The lowest BCUT2D eigenvalue weighted by atomic mass is 10.2. The van der Waals surface area contributed by atoms with Crippen LogP contribution in [0.25, 0.3) is 0 Å². The molecule has 1 atom stereocenters. The molecule has 0 aromatic heterocycles. The summed E-state index contributed by atoms with van der Waals surface area (Å²) in [5.41, 5.74) is 0.781. The highest BCUT2D eigenvalue weighted by atomic mass is 16.6. The second kappa shape index (κ2) is 7.36. The van der Waals surface area contributed by atoms with Crippen molar-refractivity contribution >= 4 is 23.9 Å². The summed E-state index contributed by atoms with van der Waals surface area (Å²) in [6, 6.07) is 8.94. The Morgan fingerprint density at radius 2 is 1.96 bits per heavy atom. The first-order valence-electron chi connectivity index (χ1n) is 6.67. The van der Waals surface area contributed by atoms with Crippen LogP contribution in [0, 0.1) is 0 Å². The minimum atomic E-state index is -1.37. The van der Waals surface area contributed by atoms with E-state index in [0.717, 1.165) is 5.56 Å². The molecule has 0 bridgehead atoms. The van der Waals surface area contributed by atoms with Crippen LogP contribution >= 0.6 is 0 Å². The monoisotopic (exact) mass is 322 g/mol. The summed E-state index contributed by atoms with van der Waals surface area (Å²) in [5.74, 6) is -2.80. The number of imide groups is 1. The Balaban J connectivity index is 1.69. The largest absolute Gasteiger partial charge is 0.450 e. The van der Waals surface area contributed by atoms with E-state index in [0.29, 0.717) is 0 Å². The number of hydrogen-bond donors (Lipinski definition) is 2. The van der Waals surface area contributed by atoms with Crippen LogP contribution in [0.15, 0.2) is 30.3 Å². The lowest BCUT2D eigenvalue weighted by Gasteiger charge is -2.10. The van der Waals surface area contributed by atoms with Crippen LogP contribution in [0.3, 0.4) is 0 Å². The van der Waals surface area contributed by atoms with Gasteiger partial charge in [-0.25, -0.2) is 4.79 Å². The molecule has 3 amide bonds. The molecule has 1 aromatic rings. The van der Waals surface area contributed by atoms with Crippen molar-refractivity contribution in [2.75, 3.05) is 6.54 Å². The number of amides is 3. The topological polar surface area (TPSA) is 122 Å². The van der Waals surface area contributed by atoms with E-state index in [1.165, 1.54) is 0 Å². The normalized spacial score (nSPS) is 17.1. The second-order valence-electron chi connectivity index (χ2n) is 4.64. The van der Waals surface area contributed by atoms with Gasteiger partial charge in [0.25, 0.3) is 11.8 Å². The zero-order chi connectivity index (χ0) is 16.8. The van der Waals surface area contributed by atoms with Crippen LogP contribution in [-0.4, -0.2) is 46.8 Å². The van der Waals surface area contributed by atoms with Crippen molar-refractivity contribution in [3.8, 4) is 0 Å². The molecule has 0 saturated carbocycles. The van der Waals surface area contributed by atoms with Gasteiger partial charge in [-0.1, -0.05) is 30.3 Å². The molecule has 0 aliphatic carbocycles. The fourth-order valence-electron chi connectivity index (χ4n) is 1.80. The van der Waals surface area contributed by atoms with Crippen molar-refractivity contribution in [2.24, 2.45) is 0 Å². The highest BCUT2D eigenvalue weighted by Crippen LogP contribution is 2.13. The van der Waals surface area contributed by atoms with E-state index in [-0.39, 0.29) is 11.7 Å². The number of nitrogens with zero attached hydrogens (tertiary/aromatic N) is 1. The predicted molar refractivity (Wildman–Crippen MR) is 72.8 cm³/mol. The lowest BCUT2D eigenvalue weighted by Crippen LogP contribution is -2.35. The summed E-state index contributed by atoms with van der Waals surface area (Å²) in [6.45, 7) is -0.492. The molecule has 23 heavy (non-hydrogen) atoms. The van der Waals surface area contributed by atoms with E-state index >= 15 is 0 Å². The number of alkyl carbamates (subject to hydrolysis) is 1. The van der Waals surface area contributed by atoms with Crippen molar-refractivity contribution in [1.29, 1.82) is 0 Å². The van der Waals surface area contributed by atoms with Crippen molar-refractivity contribution in [3.05, 3.63) is 35.9 Å². The molecule has 1 unspecified atom stereocenters. The summed E-state index contributed by atoms with van der Waals surface area (Å²) in [5, 5.41) is 11.1. The van der Waals surface area contributed by atoms with Gasteiger partial charge in [0.1, 0.15) is 13.2 Å². The Bertz CT molecular complexity index is 617. The summed E-state index contributed by atoms with van der Waals surface area (Å²) in [7, 11) is 0. The maximum absolute atomic E-state index is 11.5. The Labute approximate surface area is 130 Å². The number of benzene rings is 1. The highest BCUT2D eigenvalue weighted by Gasteiger charge is 2.40. The number of rotatable bonds is 5. The van der Waals surface area contributed by atoms with E-state index in [4.69, 9.17) is 14.7 Å². The van der Waals surface area contributed by atoms with Crippen LogP contribution < -0.4 is 5.32 Å². The van der Waals surface area contributed by atoms with Gasteiger partial charge in [0, 0.05) is 0 Å². The molecule has 1 aliphatic rings. The van der Waals surface area contributed by atoms with E-state index in [1.807, 2.05) is 6.07 Å². The zero-order valence-corrected chi connectivity index (χ0v) is 11.9. The molecule has 1 fully saturated rings. The Morgan fingerprint density at radius 1 is 1.26 bits per heavy atom. The molecule has 9 heteroatoms. The fourth-order valence-corrected chi connectivity index (χ4v) is 1.80. The molecular weight excluding hydrogens is 308 g/mol. The molecule has 0 spiro atoms. The standard InChI is InChI=1S/C14H14N2O7/c17-11-6-10(13(19)16(11)21)23-12(18)7-15-14(20)22-8-9-4-2-1-3-5-9/h1-5,10,21H,6-8H2,(H,15,20). The molecular formula is C14H14N2O7. The minimum Gasteiger partial charge on any atom is -0.450 e. The van der Waals surface area contributed by atoms with Crippen LogP contribution in [0.5, 0.6) is 0 Å². The fraction of sp³-hybridized carbons (Fsp3) is 0.286. The molecule has 9 nitrogen and oxygen atoms in total. The molecule has 1 heterocycles. The minimum absolute atomic E-state index is 0.0385. The molecule has 1 saturated heterocycles. The Hall–Kier alpha value is -2.94. The Morgan fingerprint density at radius 3 is 2.57 bits per heavy atom. The van der Waals surface area contributed by atoms with E-state index < -0.39 is 42.9 Å². The third-order valence-electron chi connectivity index (χ3n) is 2.94. The lowest BCUT2D eigenvalue weighted by molar-refractivity contribution is -0.176. The second-order valence-corrected chi connectivity index (χ2v) is 4.64. The average molecular weight is 322 g/mol. The maximum atomic E-state index is 11.5. The van der Waals surface area contributed by atoms with Gasteiger partial charge in [0.15, 0.2) is 6.10 Å². The number of esters is 1. The summed E-state index contributed by atoms with van der Waals surface area (Å²) >= 11 is 0. The van der Waals surface area contributed by atoms with E-state index in [1.54, 1.807) is 24.3 Å². The third-order valence-corrected chi connectivity index (χ3v) is 2.94. The number of hydrogen-bond acceptors (Lipinski definition) is 7. The van der Waals surface area contributed by atoms with Crippen molar-refractivity contribution in [2.45, 2.75) is 19.1 Å². The molecule has 2 rings (SSSR count). The molecule has 2 N–H and O–H groups in total. The molecule has 122 valence electrons. The van der Waals surface area contributed by atoms with E-state index in [2.05, 4.69) is 5.32 Å². The van der Waals surface area contributed by atoms with Crippen LogP contribution in [0.2, 0.25) is 0 Å². The van der Waals surface area contributed by atoms with Gasteiger partial charge in [-0.2, -0.15) is 5.06 Å². The zero-order valence-electron chi connectivity index (χ0n) is 11.9. The van der Waals surface area contributed by atoms with Crippen molar-refractivity contribution in [3.63, 3.8) is 0 Å². The van der Waals surface area contributed by atoms with Gasteiger partial charge in [-0.3, -0.25) is 19.6 Å². The summed E-state index contributed by atoms with van der Waals surface area (Å²) in [4.78, 5) is 45.2. The van der Waals surface area contributed by atoms with Gasteiger partial charge < -0.3 is 14.8 Å². The van der Waals surface area contributed by atoms with Gasteiger partial charge in [-0.15, -0.1) is 0 Å². The number of hydroxylamine groups is 2. The predicted octanol–water partition coefficient (Wildman–Crippen LogP) is -0.0273. The van der Waals surface area contributed by atoms with Gasteiger partial charge in [0.05, 0.1) is 6.42 Å². The quantitative estimate of drug-likeness (QED) is 0.443. The van der Waals surface area contributed by atoms with Gasteiger partial charge in [0.2, 0.25) is 0 Å². The number of carbonyl (C=O) groups excluding carboxylic acids is 4. The molecule has 1 aromatic carbocycles. The van der Waals surface area contributed by atoms with Crippen LogP contribution in [0.4, 0.5) is 4.79 Å². The SMILES string of the molecule is O=C(CNC(=O)OCc1ccccc1)OC1CC(=O)N(O)C1=O. The van der Waals surface area contributed by atoms with Crippen LogP contribution in [-0.2, 0) is 30.5 Å². The smallest absolute Gasteiger partial charge is 0.407 e. The van der Waals surface area contributed by atoms with Crippen LogP contribution in [0.1, 0.15) is 12.0 Å². The third kappa shape index (κ3) is 4.51. The summed E-state index contributed by atoms with van der Waals surface area (Å²) in [6.07, 6.45) is -2.63. The first-order chi connectivity index (χ1) is 11.0. The number of carbonyl (C=O) groups is 4. The molecule has 1 aliphatic heterocycles.